The number of rotatable bonds is 4. The van der Waals surface area contributed by atoms with E-state index < -0.39 is 0 Å². The summed E-state index contributed by atoms with van der Waals surface area (Å²) in [5.74, 6) is -0.321. The molecule has 0 unspecified atom stereocenters. The van der Waals surface area contributed by atoms with Crippen LogP contribution in [0.3, 0.4) is 0 Å². The lowest BCUT2D eigenvalue weighted by molar-refractivity contribution is -0.119. The molecule has 2 amide bonds. The maximum atomic E-state index is 13.7. The number of aromatic nitrogens is 2. The predicted molar refractivity (Wildman–Crippen MR) is 128 cm³/mol. The van der Waals surface area contributed by atoms with E-state index in [-0.39, 0.29) is 18.4 Å². The Balaban J connectivity index is 1.35. The van der Waals surface area contributed by atoms with Crippen LogP contribution in [0.15, 0.2) is 54.6 Å². The zero-order valence-electron chi connectivity index (χ0n) is 19.0. The Morgan fingerprint density at radius 2 is 1.64 bits per heavy atom. The molecule has 0 saturated carbocycles. The van der Waals surface area contributed by atoms with Crippen LogP contribution in [0.5, 0.6) is 0 Å². The highest BCUT2D eigenvalue weighted by Crippen LogP contribution is 2.39. The van der Waals surface area contributed by atoms with E-state index in [0.717, 1.165) is 32.7 Å². The summed E-state index contributed by atoms with van der Waals surface area (Å²) in [5.41, 5.74) is 4.21. The van der Waals surface area contributed by atoms with Gasteiger partial charge in [-0.1, -0.05) is 42.5 Å². The normalized spacial score (nSPS) is 16.7. The smallest absolute Gasteiger partial charge is 0.276 e. The number of nitrogens with one attached hydrogen (secondary N) is 1. The Morgan fingerprint density at radius 1 is 0.970 bits per heavy atom. The van der Waals surface area contributed by atoms with Gasteiger partial charge >= 0.3 is 0 Å². The van der Waals surface area contributed by atoms with Crippen LogP contribution in [-0.2, 0) is 18.4 Å². The minimum absolute atomic E-state index is 0.0622. The lowest BCUT2D eigenvalue weighted by atomic mass is 10.2. The largest absolute Gasteiger partial charge is 0.319 e. The van der Waals surface area contributed by atoms with Crippen molar-refractivity contribution in [3.05, 3.63) is 71.5 Å². The Labute approximate surface area is 193 Å². The molecule has 170 valence electrons. The molecular weight excluding hydrogens is 416 g/mol. The van der Waals surface area contributed by atoms with E-state index in [0.29, 0.717) is 28.5 Å². The van der Waals surface area contributed by atoms with Crippen molar-refractivity contribution in [2.24, 2.45) is 7.05 Å². The maximum absolute atomic E-state index is 13.7. The van der Waals surface area contributed by atoms with Gasteiger partial charge in [-0.05, 0) is 24.6 Å². The summed E-state index contributed by atoms with van der Waals surface area (Å²) in [6.45, 7) is 6.52. The Morgan fingerprint density at radius 3 is 2.39 bits per heavy atom. The molecule has 0 radical (unpaired) electrons. The number of aryl methyl sites for hydroxylation is 2. The topological polar surface area (TPSA) is 73.7 Å². The molecule has 8 heteroatoms. The fourth-order valence-electron chi connectivity index (χ4n) is 4.71. The van der Waals surface area contributed by atoms with Gasteiger partial charge in [0.15, 0.2) is 5.69 Å². The third kappa shape index (κ3) is 4.15. The highest BCUT2D eigenvalue weighted by molar-refractivity contribution is 6.17. The predicted octanol–water partition coefficient (Wildman–Crippen LogP) is 2.78. The van der Waals surface area contributed by atoms with Crippen molar-refractivity contribution in [1.29, 1.82) is 0 Å². The van der Waals surface area contributed by atoms with Crippen LogP contribution in [0.25, 0.3) is 0 Å². The second-order valence-corrected chi connectivity index (χ2v) is 8.64. The van der Waals surface area contributed by atoms with Gasteiger partial charge in [0, 0.05) is 39.8 Å². The first kappa shape index (κ1) is 21.4. The number of nitrogens with zero attached hydrogens (tertiary/aromatic N) is 5. The van der Waals surface area contributed by atoms with E-state index >= 15 is 0 Å². The van der Waals surface area contributed by atoms with Crippen molar-refractivity contribution in [1.82, 2.24) is 19.6 Å². The van der Waals surface area contributed by atoms with Gasteiger partial charge in [-0.25, -0.2) is 0 Å². The van der Waals surface area contributed by atoms with Gasteiger partial charge in [0.2, 0.25) is 5.91 Å². The molecule has 2 aromatic carbocycles. The molecule has 1 saturated heterocycles. The maximum Gasteiger partial charge on any atom is 0.276 e. The van der Waals surface area contributed by atoms with Crippen LogP contribution in [0.1, 0.15) is 21.7 Å². The second kappa shape index (κ2) is 8.80. The van der Waals surface area contributed by atoms with Crippen molar-refractivity contribution in [2.45, 2.75) is 13.5 Å². The molecule has 2 aliphatic rings. The van der Waals surface area contributed by atoms with Crippen LogP contribution < -0.4 is 10.2 Å². The van der Waals surface area contributed by atoms with Crippen LogP contribution in [0.2, 0.25) is 0 Å². The molecule has 0 aliphatic carbocycles. The number of anilines is 3. The summed E-state index contributed by atoms with van der Waals surface area (Å²) < 4.78 is 1.55. The molecule has 3 aromatic rings. The summed E-state index contributed by atoms with van der Waals surface area (Å²) in [5, 5.41) is 7.36. The lowest BCUT2D eigenvalue weighted by Gasteiger charge is -2.35. The molecular formula is C25H28N6O2. The van der Waals surface area contributed by atoms with Gasteiger partial charge in [-0.15, -0.1) is 0 Å². The minimum Gasteiger partial charge on any atom is -0.319 e. The molecule has 1 aromatic heterocycles. The molecule has 2 aliphatic heterocycles. The number of hydrogen-bond acceptors (Lipinski definition) is 5. The van der Waals surface area contributed by atoms with E-state index in [2.05, 4.69) is 44.5 Å². The third-order valence-corrected chi connectivity index (χ3v) is 6.34. The van der Waals surface area contributed by atoms with Crippen molar-refractivity contribution in [3.63, 3.8) is 0 Å². The Kier molecular flexibility index (Phi) is 5.70. The Bertz CT molecular complexity index is 1180. The summed E-state index contributed by atoms with van der Waals surface area (Å²) >= 11 is 0. The van der Waals surface area contributed by atoms with E-state index in [1.807, 2.05) is 37.3 Å². The van der Waals surface area contributed by atoms with Crippen LogP contribution in [-0.4, -0.2) is 64.1 Å². The van der Waals surface area contributed by atoms with Crippen LogP contribution >= 0.6 is 0 Å². The molecule has 0 spiro atoms. The number of hydrogen-bond donors (Lipinski definition) is 1. The van der Waals surface area contributed by atoms with E-state index in [1.54, 1.807) is 16.6 Å². The summed E-state index contributed by atoms with van der Waals surface area (Å²) in [7, 11) is 1.73. The molecule has 1 fully saturated rings. The highest BCUT2D eigenvalue weighted by atomic mass is 16.2. The number of amides is 2. The average molecular weight is 445 g/mol. The van der Waals surface area contributed by atoms with Gasteiger partial charge in [-0.3, -0.25) is 29.0 Å². The zero-order valence-corrected chi connectivity index (χ0v) is 19.0. The van der Waals surface area contributed by atoms with E-state index in [4.69, 9.17) is 0 Å². The molecule has 3 heterocycles. The van der Waals surface area contributed by atoms with Gasteiger partial charge in [0.05, 0.1) is 23.6 Å². The van der Waals surface area contributed by atoms with Gasteiger partial charge < -0.3 is 5.32 Å². The summed E-state index contributed by atoms with van der Waals surface area (Å²) in [6, 6.07) is 17.9. The standard InChI is InChI=1S/C25H28N6O2/c1-18-23-24(28(2)27-18)25(33)26-20-10-6-7-11-21(20)31(23)22(32)17-30-14-12-29(13-15-30)16-19-8-4-3-5-9-19/h3-11H,12-17H2,1-2H3,(H,26,33). The first-order valence-corrected chi connectivity index (χ1v) is 11.3. The summed E-state index contributed by atoms with van der Waals surface area (Å²) in [6.07, 6.45) is 0. The van der Waals surface area contributed by atoms with Gasteiger partial charge in [0.1, 0.15) is 5.69 Å². The number of benzene rings is 2. The van der Waals surface area contributed by atoms with Gasteiger partial charge in [-0.2, -0.15) is 5.10 Å². The first-order valence-electron chi connectivity index (χ1n) is 11.3. The van der Waals surface area contributed by atoms with Crippen molar-refractivity contribution >= 4 is 28.9 Å². The second-order valence-electron chi connectivity index (χ2n) is 8.64. The first-order chi connectivity index (χ1) is 16.0. The number of para-hydroxylation sites is 2. The monoisotopic (exact) mass is 444 g/mol. The number of carbonyl (C=O) groups is 2. The van der Waals surface area contributed by atoms with Crippen molar-refractivity contribution < 1.29 is 9.59 Å². The van der Waals surface area contributed by atoms with Crippen LogP contribution in [0, 0.1) is 6.92 Å². The van der Waals surface area contributed by atoms with Crippen molar-refractivity contribution in [2.75, 3.05) is 42.9 Å². The molecule has 0 atom stereocenters. The Hall–Kier alpha value is -3.49. The van der Waals surface area contributed by atoms with E-state index in [9.17, 15) is 9.59 Å². The third-order valence-electron chi connectivity index (χ3n) is 6.34. The molecule has 33 heavy (non-hydrogen) atoms. The number of fused-ring (bicyclic) bond motifs is 2. The minimum atomic E-state index is -0.259. The number of carbonyl (C=O) groups excluding carboxylic acids is 2. The summed E-state index contributed by atoms with van der Waals surface area (Å²) in [4.78, 5) is 32.9. The number of piperazine rings is 1. The van der Waals surface area contributed by atoms with E-state index in [1.165, 1.54) is 5.56 Å². The van der Waals surface area contributed by atoms with Crippen molar-refractivity contribution in [3.8, 4) is 0 Å². The van der Waals surface area contributed by atoms with Gasteiger partial charge in [0.25, 0.3) is 5.91 Å². The lowest BCUT2D eigenvalue weighted by Crippen LogP contribution is -2.49. The fourth-order valence-corrected chi connectivity index (χ4v) is 4.71. The molecule has 0 bridgehead atoms. The SMILES string of the molecule is Cc1nn(C)c2c1N(C(=O)CN1CCN(Cc3ccccc3)CC1)c1ccccc1NC2=O. The zero-order chi connectivity index (χ0) is 22.9. The molecule has 1 N–H and O–H groups in total. The highest BCUT2D eigenvalue weighted by Gasteiger charge is 2.35. The quantitative estimate of drug-likeness (QED) is 0.670. The van der Waals surface area contributed by atoms with Crippen LogP contribution in [0.4, 0.5) is 17.1 Å². The molecule has 5 rings (SSSR count). The molecule has 8 nitrogen and oxygen atoms in total. The fraction of sp³-hybridized carbons (Fsp3) is 0.320. The average Bonchev–Trinajstić information content (AvgIpc) is 3.02.